The summed E-state index contributed by atoms with van der Waals surface area (Å²) < 4.78 is 0. The molecule has 0 aromatic rings. The molecule has 10 nitrogen and oxygen atoms in total. The predicted molar refractivity (Wildman–Crippen MR) is 82.9 cm³/mol. The highest BCUT2D eigenvalue weighted by Gasteiger charge is 2.31. The zero-order valence-electron chi connectivity index (χ0n) is 13.9. The fourth-order valence-corrected chi connectivity index (χ4v) is 1.90. The molecule has 0 radical (unpaired) electrons. The minimum absolute atomic E-state index is 0.00465. The first kappa shape index (κ1) is 21.8. The normalized spacial score (nSPS) is 15.9. The van der Waals surface area contributed by atoms with Crippen LogP contribution < -0.4 is 16.4 Å². The third-order valence-electron chi connectivity index (χ3n) is 3.12. The lowest BCUT2D eigenvalue weighted by Crippen LogP contribution is -2.58. The monoisotopic (exact) mass is 347 g/mol. The van der Waals surface area contributed by atoms with E-state index in [9.17, 15) is 24.3 Å². The molecule has 0 saturated carbocycles. The van der Waals surface area contributed by atoms with Crippen LogP contribution in [0.4, 0.5) is 0 Å². The summed E-state index contributed by atoms with van der Waals surface area (Å²) in [5.41, 5.74) is 5.38. The summed E-state index contributed by atoms with van der Waals surface area (Å²) in [6.45, 7) is 4.79. The predicted octanol–water partition coefficient (Wildman–Crippen LogP) is -1.73. The largest absolute Gasteiger partial charge is 0.481 e. The van der Waals surface area contributed by atoms with E-state index in [1.165, 1.54) is 6.92 Å². The number of aliphatic hydroxyl groups excluding tert-OH is 1. The number of hydrogen-bond donors (Lipinski definition) is 6. The molecule has 24 heavy (non-hydrogen) atoms. The lowest BCUT2D eigenvalue weighted by molar-refractivity contribution is -0.143. The number of nitrogens with two attached hydrogens (primary N) is 1. The molecule has 7 N–H and O–H groups in total. The standard InChI is InChI=1S/C14H25N3O7/c1-6(2)4-9(14(23)24)16-13(22)11(7(3)18)17-12(21)8(15)5-10(19)20/h6-9,11,18H,4-5,15H2,1-3H3,(H,16,22)(H,17,21)(H,19,20)(H,23,24)/t7-,8+,9+,11+/m1/s1. The average molecular weight is 347 g/mol. The molecule has 138 valence electrons. The van der Waals surface area contributed by atoms with Crippen LogP contribution in [0, 0.1) is 5.92 Å². The second-order valence-electron chi connectivity index (χ2n) is 5.96. The number of hydrogen-bond acceptors (Lipinski definition) is 6. The molecule has 0 aromatic heterocycles. The number of carbonyl (C=O) groups excluding carboxylic acids is 2. The van der Waals surface area contributed by atoms with Crippen molar-refractivity contribution in [2.75, 3.05) is 0 Å². The molecule has 0 heterocycles. The van der Waals surface area contributed by atoms with Crippen LogP contribution in [0.1, 0.15) is 33.6 Å². The van der Waals surface area contributed by atoms with Gasteiger partial charge in [0.1, 0.15) is 12.1 Å². The number of nitrogens with one attached hydrogen (secondary N) is 2. The molecule has 0 aliphatic carbocycles. The third kappa shape index (κ3) is 7.88. The maximum Gasteiger partial charge on any atom is 0.326 e. The van der Waals surface area contributed by atoms with Gasteiger partial charge in [0.25, 0.3) is 0 Å². The van der Waals surface area contributed by atoms with Crippen molar-refractivity contribution < 1.29 is 34.5 Å². The van der Waals surface area contributed by atoms with E-state index in [4.69, 9.17) is 15.9 Å². The van der Waals surface area contributed by atoms with E-state index in [-0.39, 0.29) is 12.3 Å². The lowest BCUT2D eigenvalue weighted by atomic mass is 10.0. The van der Waals surface area contributed by atoms with Crippen molar-refractivity contribution >= 4 is 23.8 Å². The van der Waals surface area contributed by atoms with Crippen molar-refractivity contribution in [2.45, 2.75) is 57.8 Å². The number of rotatable bonds is 10. The van der Waals surface area contributed by atoms with Gasteiger partial charge < -0.3 is 31.7 Å². The summed E-state index contributed by atoms with van der Waals surface area (Å²) >= 11 is 0. The summed E-state index contributed by atoms with van der Waals surface area (Å²) in [5, 5.41) is 31.7. The first-order valence-corrected chi connectivity index (χ1v) is 7.44. The number of amides is 2. The average Bonchev–Trinajstić information content (AvgIpc) is 2.41. The van der Waals surface area contributed by atoms with Gasteiger partial charge in [0.2, 0.25) is 11.8 Å². The number of carboxylic acids is 2. The van der Waals surface area contributed by atoms with Crippen molar-refractivity contribution in [1.29, 1.82) is 0 Å². The van der Waals surface area contributed by atoms with Crippen LogP contribution in [0.2, 0.25) is 0 Å². The Morgan fingerprint density at radius 3 is 1.92 bits per heavy atom. The molecule has 2 amide bonds. The Balaban J connectivity index is 4.97. The minimum Gasteiger partial charge on any atom is -0.481 e. The zero-order chi connectivity index (χ0) is 19.0. The van der Waals surface area contributed by atoms with Crippen LogP contribution >= 0.6 is 0 Å². The van der Waals surface area contributed by atoms with Gasteiger partial charge in [0.15, 0.2) is 0 Å². The van der Waals surface area contributed by atoms with Gasteiger partial charge in [-0.15, -0.1) is 0 Å². The van der Waals surface area contributed by atoms with Crippen LogP contribution in [-0.2, 0) is 19.2 Å². The van der Waals surface area contributed by atoms with Crippen LogP contribution in [0.25, 0.3) is 0 Å². The summed E-state index contributed by atoms with van der Waals surface area (Å²) in [6.07, 6.45) is -1.81. The van der Waals surface area contributed by atoms with E-state index in [0.29, 0.717) is 0 Å². The summed E-state index contributed by atoms with van der Waals surface area (Å²) in [6, 6.07) is -4.03. The Kier molecular flexibility index (Phi) is 8.93. The van der Waals surface area contributed by atoms with Crippen molar-refractivity contribution in [3.8, 4) is 0 Å². The zero-order valence-corrected chi connectivity index (χ0v) is 13.9. The van der Waals surface area contributed by atoms with Gasteiger partial charge in [-0.2, -0.15) is 0 Å². The van der Waals surface area contributed by atoms with Crippen molar-refractivity contribution in [2.24, 2.45) is 11.7 Å². The van der Waals surface area contributed by atoms with E-state index < -0.39 is 54.4 Å². The first-order chi connectivity index (χ1) is 11.0. The number of aliphatic hydroxyl groups is 1. The highest BCUT2D eigenvalue weighted by Crippen LogP contribution is 2.06. The van der Waals surface area contributed by atoms with Gasteiger partial charge >= 0.3 is 11.9 Å². The number of aliphatic carboxylic acids is 2. The topological polar surface area (TPSA) is 179 Å². The van der Waals surface area contributed by atoms with E-state index >= 15 is 0 Å². The van der Waals surface area contributed by atoms with Gasteiger partial charge in [-0.3, -0.25) is 14.4 Å². The molecule has 0 saturated heterocycles. The second-order valence-corrected chi connectivity index (χ2v) is 5.96. The molecular weight excluding hydrogens is 322 g/mol. The Bertz CT molecular complexity index is 479. The van der Waals surface area contributed by atoms with Gasteiger partial charge in [-0.05, 0) is 19.3 Å². The van der Waals surface area contributed by atoms with Crippen molar-refractivity contribution in [3.05, 3.63) is 0 Å². The Hall–Kier alpha value is -2.20. The molecule has 0 aliphatic heterocycles. The molecule has 0 unspecified atom stereocenters. The lowest BCUT2D eigenvalue weighted by Gasteiger charge is -2.25. The van der Waals surface area contributed by atoms with Gasteiger partial charge in [-0.1, -0.05) is 13.8 Å². The minimum atomic E-state index is -1.45. The third-order valence-corrected chi connectivity index (χ3v) is 3.12. The van der Waals surface area contributed by atoms with E-state index in [0.717, 1.165) is 0 Å². The Labute approximate surface area is 139 Å². The van der Waals surface area contributed by atoms with Gasteiger partial charge in [0.05, 0.1) is 18.6 Å². The highest BCUT2D eigenvalue weighted by atomic mass is 16.4. The molecule has 0 rings (SSSR count). The summed E-state index contributed by atoms with van der Waals surface area (Å²) in [4.78, 5) is 45.6. The fourth-order valence-electron chi connectivity index (χ4n) is 1.90. The van der Waals surface area contributed by atoms with Crippen LogP contribution in [-0.4, -0.2) is 63.3 Å². The highest BCUT2D eigenvalue weighted by molar-refractivity contribution is 5.93. The van der Waals surface area contributed by atoms with Crippen molar-refractivity contribution in [1.82, 2.24) is 10.6 Å². The molecule has 0 fully saturated rings. The second kappa shape index (κ2) is 9.83. The van der Waals surface area contributed by atoms with Crippen LogP contribution in [0.5, 0.6) is 0 Å². The number of carboxylic acid groups (broad SMARTS) is 2. The van der Waals surface area contributed by atoms with E-state index in [2.05, 4.69) is 10.6 Å². The molecule has 10 heteroatoms. The molecule has 0 aromatic carbocycles. The number of carbonyl (C=O) groups is 4. The maximum atomic E-state index is 12.2. The summed E-state index contributed by atoms with van der Waals surface area (Å²) in [7, 11) is 0. The molecule has 0 bridgehead atoms. The first-order valence-electron chi connectivity index (χ1n) is 7.44. The van der Waals surface area contributed by atoms with Crippen LogP contribution in [0.15, 0.2) is 0 Å². The molecule has 0 spiro atoms. The van der Waals surface area contributed by atoms with Crippen LogP contribution in [0.3, 0.4) is 0 Å². The van der Waals surface area contributed by atoms with E-state index in [1.54, 1.807) is 13.8 Å². The maximum absolute atomic E-state index is 12.2. The Morgan fingerprint density at radius 1 is 1.00 bits per heavy atom. The van der Waals surface area contributed by atoms with Gasteiger partial charge in [-0.25, -0.2) is 4.79 Å². The molecule has 0 aliphatic rings. The fraction of sp³-hybridized carbons (Fsp3) is 0.714. The van der Waals surface area contributed by atoms with E-state index in [1.807, 2.05) is 0 Å². The summed E-state index contributed by atoms with van der Waals surface area (Å²) in [5.74, 6) is -4.37. The smallest absolute Gasteiger partial charge is 0.326 e. The van der Waals surface area contributed by atoms with Gasteiger partial charge in [0, 0.05) is 0 Å². The SMILES string of the molecule is CC(C)C[C@H](NC(=O)[C@@H](NC(=O)[C@@H](N)CC(=O)O)[C@@H](C)O)C(=O)O. The molecule has 4 atom stereocenters. The quantitative estimate of drug-likeness (QED) is 0.270. The van der Waals surface area contributed by atoms with Crippen molar-refractivity contribution in [3.63, 3.8) is 0 Å². The molecular formula is C14H25N3O7. The Morgan fingerprint density at radius 2 is 1.54 bits per heavy atom.